The van der Waals surface area contributed by atoms with E-state index in [2.05, 4.69) is 42.1 Å². The summed E-state index contributed by atoms with van der Waals surface area (Å²) in [6, 6.07) is 2.86. The first kappa shape index (κ1) is 16.5. The molecule has 2 rings (SSSR count). The molecule has 0 saturated carbocycles. The van der Waals surface area contributed by atoms with Gasteiger partial charge in [-0.05, 0) is 45.5 Å². The van der Waals surface area contributed by atoms with E-state index in [0.29, 0.717) is 6.04 Å². The second-order valence-electron chi connectivity index (χ2n) is 6.25. The lowest BCUT2D eigenvalue weighted by Crippen LogP contribution is -2.39. The zero-order valence-electron chi connectivity index (χ0n) is 13.9. The topological polar surface area (TPSA) is 31.7 Å². The molecule has 0 aliphatic carbocycles. The zero-order valence-corrected chi connectivity index (χ0v) is 13.9. The maximum atomic E-state index is 5.76. The Morgan fingerprint density at radius 2 is 2.19 bits per heavy atom. The lowest BCUT2D eigenvalue weighted by atomic mass is 10.1. The monoisotopic (exact) mass is 293 g/mol. The molecule has 1 atom stereocenters. The Bertz CT molecular complexity index is 404. The number of hydrogen-bond acceptors (Lipinski definition) is 4. The number of hydrogen-bond donors (Lipinski definition) is 1. The highest BCUT2D eigenvalue weighted by atomic mass is 16.3. The van der Waals surface area contributed by atoms with Crippen LogP contribution in [-0.4, -0.2) is 49.1 Å². The van der Waals surface area contributed by atoms with Crippen LogP contribution in [0.1, 0.15) is 44.4 Å². The fourth-order valence-electron chi connectivity index (χ4n) is 3.10. The van der Waals surface area contributed by atoms with Gasteiger partial charge in [0.1, 0.15) is 5.76 Å². The molecule has 0 radical (unpaired) electrons. The Morgan fingerprint density at radius 1 is 1.33 bits per heavy atom. The number of likely N-dealkylation sites (N-methyl/N-ethyl adjacent to an activating group) is 1. The molecule has 120 valence electrons. The molecule has 1 saturated heterocycles. The van der Waals surface area contributed by atoms with Gasteiger partial charge in [-0.15, -0.1) is 0 Å². The molecule has 0 bridgehead atoms. The van der Waals surface area contributed by atoms with E-state index < -0.39 is 0 Å². The first-order chi connectivity index (χ1) is 10.2. The molecule has 1 N–H and O–H groups in total. The van der Waals surface area contributed by atoms with E-state index in [9.17, 15) is 0 Å². The number of nitrogens with zero attached hydrogens (tertiary/aromatic N) is 2. The summed E-state index contributed by atoms with van der Waals surface area (Å²) in [5.74, 6) is 1.10. The molecule has 1 unspecified atom stereocenters. The minimum absolute atomic E-state index is 0.643. The van der Waals surface area contributed by atoms with Crippen molar-refractivity contribution in [1.29, 1.82) is 0 Å². The third-order valence-corrected chi connectivity index (χ3v) is 4.32. The van der Waals surface area contributed by atoms with Crippen molar-refractivity contribution in [3.63, 3.8) is 0 Å². The summed E-state index contributed by atoms with van der Waals surface area (Å²) < 4.78 is 5.76. The van der Waals surface area contributed by atoms with Crippen LogP contribution in [-0.2, 0) is 13.1 Å². The number of nitrogens with one attached hydrogen (secondary N) is 1. The second kappa shape index (κ2) is 8.57. The van der Waals surface area contributed by atoms with Gasteiger partial charge < -0.3 is 14.6 Å². The lowest BCUT2D eigenvalue weighted by molar-refractivity contribution is 0.164. The van der Waals surface area contributed by atoms with Crippen molar-refractivity contribution >= 4 is 0 Å². The minimum Gasteiger partial charge on any atom is -0.468 e. The number of furan rings is 1. The Morgan fingerprint density at radius 3 is 2.95 bits per heavy atom. The van der Waals surface area contributed by atoms with Gasteiger partial charge in [0, 0.05) is 31.2 Å². The van der Waals surface area contributed by atoms with Crippen LogP contribution in [0.2, 0.25) is 0 Å². The molecule has 0 aromatic carbocycles. The fraction of sp³-hybridized carbons (Fsp3) is 0.765. The molecule has 4 nitrogen and oxygen atoms in total. The van der Waals surface area contributed by atoms with E-state index in [1.807, 2.05) is 6.26 Å². The summed E-state index contributed by atoms with van der Waals surface area (Å²) in [4.78, 5) is 5.04. The molecular weight excluding hydrogens is 262 g/mol. The first-order valence-electron chi connectivity index (χ1n) is 8.42. The maximum Gasteiger partial charge on any atom is 0.118 e. The van der Waals surface area contributed by atoms with Crippen molar-refractivity contribution in [2.75, 3.05) is 33.2 Å². The largest absolute Gasteiger partial charge is 0.468 e. The van der Waals surface area contributed by atoms with Crippen LogP contribution in [0, 0.1) is 0 Å². The highest BCUT2D eigenvalue weighted by Crippen LogP contribution is 2.17. The van der Waals surface area contributed by atoms with Crippen molar-refractivity contribution in [2.45, 2.75) is 52.2 Å². The summed E-state index contributed by atoms with van der Waals surface area (Å²) in [5, 5.41) is 3.42. The van der Waals surface area contributed by atoms with Gasteiger partial charge in [0.15, 0.2) is 0 Å². The second-order valence-corrected chi connectivity index (χ2v) is 6.25. The van der Waals surface area contributed by atoms with Crippen LogP contribution in [0.3, 0.4) is 0 Å². The SMILES string of the molecule is CCCNCc1coc(CN2CCCN(C)CC2CC)c1. The highest BCUT2D eigenvalue weighted by molar-refractivity contribution is 5.12. The molecule has 2 heterocycles. The van der Waals surface area contributed by atoms with Crippen molar-refractivity contribution in [3.8, 4) is 0 Å². The third-order valence-electron chi connectivity index (χ3n) is 4.32. The molecule has 21 heavy (non-hydrogen) atoms. The standard InChI is InChI=1S/C17H31N3O/c1-4-7-18-11-15-10-17(21-14-15)13-20-9-6-8-19(3)12-16(20)5-2/h10,14,16,18H,4-9,11-13H2,1-3H3. The molecule has 0 amide bonds. The van der Waals surface area contributed by atoms with Crippen LogP contribution >= 0.6 is 0 Å². The Balaban J connectivity index is 1.90. The number of rotatable bonds is 7. The predicted octanol–water partition coefficient (Wildman–Crippen LogP) is 2.70. The smallest absolute Gasteiger partial charge is 0.118 e. The molecule has 1 aliphatic heterocycles. The summed E-state index contributed by atoms with van der Waals surface area (Å²) in [6.45, 7) is 11.0. The van der Waals surface area contributed by atoms with Crippen molar-refractivity contribution in [1.82, 2.24) is 15.1 Å². The van der Waals surface area contributed by atoms with E-state index in [0.717, 1.165) is 25.4 Å². The minimum atomic E-state index is 0.643. The Hall–Kier alpha value is -0.840. The van der Waals surface area contributed by atoms with Gasteiger partial charge in [0.25, 0.3) is 0 Å². The molecule has 1 aliphatic rings. The van der Waals surface area contributed by atoms with E-state index in [1.54, 1.807) is 0 Å². The van der Waals surface area contributed by atoms with Crippen molar-refractivity contribution in [3.05, 3.63) is 23.7 Å². The van der Waals surface area contributed by atoms with Crippen LogP contribution in [0.4, 0.5) is 0 Å². The fourth-order valence-corrected chi connectivity index (χ4v) is 3.10. The molecule has 1 fully saturated rings. The van der Waals surface area contributed by atoms with Crippen LogP contribution in [0.15, 0.2) is 16.7 Å². The maximum absolute atomic E-state index is 5.76. The summed E-state index contributed by atoms with van der Waals surface area (Å²) in [5.41, 5.74) is 1.26. The summed E-state index contributed by atoms with van der Waals surface area (Å²) >= 11 is 0. The van der Waals surface area contributed by atoms with Gasteiger partial charge in [-0.1, -0.05) is 13.8 Å². The predicted molar refractivity (Wildman–Crippen MR) is 87.3 cm³/mol. The molecule has 4 heteroatoms. The van der Waals surface area contributed by atoms with Gasteiger partial charge in [0.05, 0.1) is 12.8 Å². The lowest BCUT2D eigenvalue weighted by Gasteiger charge is -2.29. The van der Waals surface area contributed by atoms with Crippen LogP contribution in [0.25, 0.3) is 0 Å². The molecule has 0 spiro atoms. The van der Waals surface area contributed by atoms with Gasteiger partial charge in [-0.25, -0.2) is 0 Å². The first-order valence-corrected chi connectivity index (χ1v) is 8.42. The van der Waals surface area contributed by atoms with E-state index in [1.165, 1.54) is 44.5 Å². The van der Waals surface area contributed by atoms with Gasteiger partial charge in [0.2, 0.25) is 0 Å². The Kier molecular flexibility index (Phi) is 6.74. The quantitative estimate of drug-likeness (QED) is 0.783. The summed E-state index contributed by atoms with van der Waals surface area (Å²) in [6.07, 6.45) is 5.53. The average molecular weight is 293 g/mol. The third kappa shape index (κ3) is 5.13. The van der Waals surface area contributed by atoms with Crippen LogP contribution < -0.4 is 5.32 Å². The van der Waals surface area contributed by atoms with Gasteiger partial charge in [-0.2, -0.15) is 0 Å². The average Bonchev–Trinajstić information content (AvgIpc) is 2.83. The zero-order chi connectivity index (χ0) is 15.1. The molecular formula is C17H31N3O. The van der Waals surface area contributed by atoms with Gasteiger partial charge in [-0.3, -0.25) is 4.90 Å². The van der Waals surface area contributed by atoms with Crippen LogP contribution in [0.5, 0.6) is 0 Å². The van der Waals surface area contributed by atoms with E-state index in [-0.39, 0.29) is 0 Å². The van der Waals surface area contributed by atoms with Crippen molar-refractivity contribution in [2.24, 2.45) is 0 Å². The normalized spacial score (nSPS) is 21.6. The highest BCUT2D eigenvalue weighted by Gasteiger charge is 2.22. The van der Waals surface area contributed by atoms with Gasteiger partial charge >= 0.3 is 0 Å². The van der Waals surface area contributed by atoms with Crippen molar-refractivity contribution < 1.29 is 4.42 Å². The summed E-state index contributed by atoms with van der Waals surface area (Å²) in [7, 11) is 2.23. The Labute approximate surface area is 129 Å². The molecule has 1 aromatic heterocycles. The van der Waals surface area contributed by atoms with E-state index in [4.69, 9.17) is 4.42 Å². The van der Waals surface area contributed by atoms with E-state index >= 15 is 0 Å². The molecule has 1 aromatic rings.